The quantitative estimate of drug-likeness (QED) is 0.135. The lowest BCUT2D eigenvalue weighted by Crippen LogP contribution is -2.28. The summed E-state index contributed by atoms with van der Waals surface area (Å²) in [7, 11) is 0. The van der Waals surface area contributed by atoms with Gasteiger partial charge in [0.05, 0.1) is 33.6 Å². The van der Waals surface area contributed by atoms with Crippen LogP contribution in [-0.4, -0.2) is 19.1 Å². The van der Waals surface area contributed by atoms with E-state index in [1.165, 1.54) is 0 Å². The van der Waals surface area contributed by atoms with Gasteiger partial charge in [0, 0.05) is 19.2 Å². The van der Waals surface area contributed by atoms with E-state index in [2.05, 4.69) is 23.1 Å². The predicted octanol–water partition coefficient (Wildman–Crippen LogP) is 11.1. The summed E-state index contributed by atoms with van der Waals surface area (Å²) in [5.74, 6) is -2.14. The van der Waals surface area contributed by atoms with Crippen molar-refractivity contribution in [2.45, 2.75) is 50.1 Å². The van der Waals surface area contributed by atoms with Crippen molar-refractivity contribution in [1.82, 2.24) is 19.1 Å². The maximum absolute atomic E-state index is 13.2. The third kappa shape index (κ3) is 11.7. The molecule has 59 heavy (non-hydrogen) atoms. The normalized spacial score (nSPS) is 12.7. The van der Waals surface area contributed by atoms with E-state index in [-0.39, 0.29) is 42.5 Å². The molecule has 2 N–H and O–H groups in total. The van der Waals surface area contributed by atoms with E-state index >= 15 is 0 Å². The molecule has 322 valence electrons. The summed E-state index contributed by atoms with van der Waals surface area (Å²) < 4.78 is 235. The van der Waals surface area contributed by atoms with Crippen molar-refractivity contribution >= 4 is 34.9 Å². The molecule has 27 heteroatoms. The van der Waals surface area contributed by atoms with Crippen LogP contribution in [0.4, 0.5) is 102 Å². The van der Waals surface area contributed by atoms with Crippen molar-refractivity contribution in [3.63, 3.8) is 0 Å². The topological polar surface area (TPSA) is 93.8 Å². The summed E-state index contributed by atoms with van der Waals surface area (Å²) in [6.45, 7) is 5.48. The van der Waals surface area contributed by atoms with Gasteiger partial charge < -0.3 is 10.6 Å². The van der Waals surface area contributed by atoms with Gasteiger partial charge >= 0.3 is 37.1 Å². The summed E-state index contributed by atoms with van der Waals surface area (Å²) in [5.41, 5.74) is -15.1. The minimum atomic E-state index is -5.26. The number of benzene rings is 2. The molecular weight excluding hydrogens is 878 g/mol. The van der Waals surface area contributed by atoms with E-state index in [0.717, 1.165) is 12.2 Å². The first-order valence-electron chi connectivity index (χ1n) is 15.1. The Morgan fingerprint density at radius 2 is 0.966 bits per heavy atom. The summed E-state index contributed by atoms with van der Waals surface area (Å²) in [6, 6.07) is 0.746. The largest absolute Gasteiger partial charge is 0.435 e. The molecule has 0 unspecified atom stereocenters. The first-order valence-corrected chi connectivity index (χ1v) is 15.5. The number of nitrogens with zero attached hydrogens (tertiary/aromatic N) is 4. The fourth-order valence-electron chi connectivity index (χ4n) is 4.55. The first kappa shape index (κ1) is 47.7. The summed E-state index contributed by atoms with van der Waals surface area (Å²) in [4.78, 5) is 30.2. The number of hydrogen-bond acceptors (Lipinski definition) is 6. The summed E-state index contributed by atoms with van der Waals surface area (Å²) in [5, 5.41) is 2.17. The van der Waals surface area contributed by atoms with Crippen molar-refractivity contribution < 1.29 is 79.0 Å². The molecule has 0 amide bonds. The Labute approximate surface area is 321 Å². The number of nitrogens with one attached hydrogen (secondary N) is 2. The standard InChI is InChI=1S/C16H9ClF9N3O.C16H10F9N3O/c1-2-5-29-12(30)10(17)11(16(24,25)26)28-13(29)27-9-6-7(14(18,19)20)3-4-8(9)15(21,22)23;1-2-5-28-12(29)7-11(16(23,24)25)27-13(28)26-10-6-8(14(17,18)19)3-4-9(10)15(20,21)22/h2-4,6H,1,5H2,(H,27,28);2-4,6-7H,1,5H2,(H,26,27). The zero-order valence-electron chi connectivity index (χ0n) is 28.3. The molecule has 8 nitrogen and oxygen atoms in total. The first-order chi connectivity index (χ1) is 26.7. The number of hydrogen-bond donors (Lipinski definition) is 2. The minimum absolute atomic E-state index is 0.0368. The van der Waals surface area contributed by atoms with E-state index in [1.54, 1.807) is 10.6 Å². The lowest BCUT2D eigenvalue weighted by molar-refractivity contribution is -0.142. The second-order valence-electron chi connectivity index (χ2n) is 11.3. The molecule has 0 aliphatic heterocycles. The lowest BCUT2D eigenvalue weighted by Gasteiger charge is -2.20. The molecule has 0 fully saturated rings. The molecule has 0 bridgehead atoms. The molecule has 4 aromatic rings. The molecule has 0 saturated carbocycles. The van der Waals surface area contributed by atoms with Gasteiger partial charge in [-0.05, 0) is 36.4 Å². The Bertz CT molecular complexity index is 2320. The molecule has 0 atom stereocenters. The SMILES string of the molecule is C=CCn1c(Nc2cc(C(F)(F)F)ccc2C(F)(F)F)nc(C(F)(F)F)c(Cl)c1=O.C=CCn1c(Nc2cc(C(F)(F)F)ccc2C(F)(F)F)nc(C(F)(F)F)cc1=O. The number of aromatic nitrogens is 4. The third-order valence-electron chi connectivity index (χ3n) is 7.10. The van der Waals surface area contributed by atoms with E-state index in [1.807, 2.05) is 0 Å². The minimum Gasteiger partial charge on any atom is -0.325 e. The molecule has 4 rings (SSSR count). The van der Waals surface area contributed by atoms with Crippen LogP contribution < -0.4 is 21.8 Å². The van der Waals surface area contributed by atoms with Crippen LogP contribution in [-0.2, 0) is 50.1 Å². The molecule has 2 aromatic heterocycles. The lowest BCUT2D eigenvalue weighted by atomic mass is 10.1. The molecule has 0 saturated heterocycles. The van der Waals surface area contributed by atoms with Crippen molar-refractivity contribution in [3.05, 3.63) is 127 Å². The molecule has 0 spiro atoms. The second-order valence-corrected chi connectivity index (χ2v) is 11.6. The van der Waals surface area contributed by atoms with Crippen LogP contribution in [0.25, 0.3) is 0 Å². The fraction of sp³-hybridized carbons (Fsp3) is 0.250. The number of alkyl halides is 18. The van der Waals surface area contributed by atoms with Crippen LogP contribution in [0.3, 0.4) is 0 Å². The average Bonchev–Trinajstić information content (AvgIpc) is 3.07. The summed E-state index contributed by atoms with van der Waals surface area (Å²) >= 11 is 5.38. The molecule has 0 aliphatic carbocycles. The predicted molar refractivity (Wildman–Crippen MR) is 172 cm³/mol. The Kier molecular flexibility index (Phi) is 13.6. The Hall–Kier alpha value is -5.69. The van der Waals surface area contributed by atoms with Crippen molar-refractivity contribution in [2.24, 2.45) is 0 Å². The van der Waals surface area contributed by atoms with Crippen LogP contribution in [0.15, 0.2) is 77.4 Å². The highest BCUT2D eigenvalue weighted by atomic mass is 35.5. The highest BCUT2D eigenvalue weighted by molar-refractivity contribution is 6.31. The van der Waals surface area contributed by atoms with E-state index in [0.29, 0.717) is 9.13 Å². The highest BCUT2D eigenvalue weighted by Crippen LogP contribution is 2.42. The zero-order chi connectivity index (χ0) is 45.3. The molecule has 2 heterocycles. The number of rotatable bonds is 8. The molecule has 2 aromatic carbocycles. The van der Waals surface area contributed by atoms with Crippen LogP contribution >= 0.6 is 11.6 Å². The van der Waals surface area contributed by atoms with E-state index in [4.69, 9.17) is 11.6 Å². The summed E-state index contributed by atoms with van der Waals surface area (Å²) in [6.07, 6.45) is -28.7. The van der Waals surface area contributed by atoms with Gasteiger partial charge in [0.15, 0.2) is 11.4 Å². The molecule has 0 aliphatic rings. The van der Waals surface area contributed by atoms with Crippen LogP contribution in [0.1, 0.15) is 33.6 Å². The van der Waals surface area contributed by atoms with Gasteiger partial charge in [-0.15, -0.1) is 13.2 Å². The zero-order valence-corrected chi connectivity index (χ0v) is 29.1. The van der Waals surface area contributed by atoms with Gasteiger partial charge in [-0.2, -0.15) is 79.0 Å². The fourth-order valence-corrected chi connectivity index (χ4v) is 4.80. The van der Waals surface area contributed by atoms with Gasteiger partial charge in [0.2, 0.25) is 11.9 Å². The smallest absolute Gasteiger partial charge is 0.325 e. The van der Waals surface area contributed by atoms with Gasteiger partial charge in [-0.1, -0.05) is 23.8 Å². The van der Waals surface area contributed by atoms with Crippen molar-refractivity contribution in [1.29, 1.82) is 0 Å². The van der Waals surface area contributed by atoms with Gasteiger partial charge in [0.25, 0.3) is 11.1 Å². The van der Waals surface area contributed by atoms with Crippen LogP contribution in [0.2, 0.25) is 5.02 Å². The van der Waals surface area contributed by atoms with Crippen molar-refractivity contribution in [2.75, 3.05) is 10.6 Å². The Morgan fingerprint density at radius 1 is 0.559 bits per heavy atom. The van der Waals surface area contributed by atoms with Crippen molar-refractivity contribution in [3.8, 4) is 0 Å². The third-order valence-corrected chi connectivity index (χ3v) is 7.44. The maximum Gasteiger partial charge on any atom is 0.435 e. The van der Waals surface area contributed by atoms with Crippen LogP contribution in [0, 0.1) is 0 Å². The van der Waals surface area contributed by atoms with Gasteiger partial charge in [-0.25, -0.2) is 9.97 Å². The van der Waals surface area contributed by atoms with Gasteiger partial charge in [0.1, 0.15) is 5.02 Å². The molecular formula is C32H19ClF18N6O2. The molecule has 0 radical (unpaired) electrons. The Balaban J connectivity index is 0.000000316. The van der Waals surface area contributed by atoms with E-state index < -0.39 is 123 Å². The number of allylic oxidation sites excluding steroid dienone is 2. The Morgan fingerprint density at radius 3 is 1.32 bits per heavy atom. The van der Waals surface area contributed by atoms with Gasteiger partial charge in [-0.3, -0.25) is 18.7 Å². The number of anilines is 4. The number of halogens is 19. The maximum atomic E-state index is 13.2. The highest BCUT2D eigenvalue weighted by Gasteiger charge is 2.41. The van der Waals surface area contributed by atoms with Crippen LogP contribution in [0.5, 0.6) is 0 Å². The average molecular weight is 897 g/mol. The second kappa shape index (κ2) is 16.9. The monoisotopic (exact) mass is 896 g/mol. The van der Waals surface area contributed by atoms with E-state index in [9.17, 15) is 88.6 Å².